The van der Waals surface area contributed by atoms with Gasteiger partial charge in [0.15, 0.2) is 5.78 Å². The van der Waals surface area contributed by atoms with E-state index in [1.54, 1.807) is 12.1 Å². The van der Waals surface area contributed by atoms with E-state index >= 15 is 0 Å². The molecule has 1 heterocycles. The molecule has 1 N–H and O–H groups in total. The molecule has 1 saturated heterocycles. The Kier molecular flexibility index (Phi) is 4.22. The fourth-order valence-electron chi connectivity index (χ4n) is 2.30. The number of methoxy groups -OCH3 is 1. The minimum Gasteiger partial charge on any atom is -0.453 e. The minimum absolute atomic E-state index is 0.0608. The Balaban J connectivity index is 2.06. The topological polar surface area (TPSA) is 58.6 Å². The highest BCUT2D eigenvalue weighted by Crippen LogP contribution is 2.24. The van der Waals surface area contributed by atoms with Crippen molar-refractivity contribution in [3.05, 3.63) is 29.6 Å². The molecule has 0 aliphatic carbocycles. The molecule has 1 fully saturated rings. The molecule has 0 radical (unpaired) electrons. The first-order chi connectivity index (χ1) is 9.51. The Morgan fingerprint density at radius 2 is 2.20 bits per heavy atom. The van der Waals surface area contributed by atoms with E-state index in [1.165, 1.54) is 20.1 Å². The average molecular weight is 280 g/mol. The number of alkyl carbamates (subject to hydrolysis) is 1. The lowest BCUT2D eigenvalue weighted by Crippen LogP contribution is -2.37. The van der Waals surface area contributed by atoms with Gasteiger partial charge in [-0.05, 0) is 31.5 Å². The lowest BCUT2D eigenvalue weighted by atomic mass is 10.1. The van der Waals surface area contributed by atoms with Gasteiger partial charge in [-0.2, -0.15) is 0 Å². The fraction of sp³-hybridized carbons (Fsp3) is 0.429. The van der Waals surface area contributed by atoms with Gasteiger partial charge in [-0.15, -0.1) is 0 Å². The predicted octanol–water partition coefficient (Wildman–Crippen LogP) is 1.96. The molecular formula is C14H17FN2O3. The quantitative estimate of drug-likeness (QED) is 0.860. The molecular weight excluding hydrogens is 263 g/mol. The van der Waals surface area contributed by atoms with E-state index < -0.39 is 11.9 Å². The number of benzene rings is 1. The summed E-state index contributed by atoms with van der Waals surface area (Å²) in [6, 6.07) is 4.40. The van der Waals surface area contributed by atoms with Crippen LogP contribution in [0.4, 0.5) is 14.9 Å². The zero-order valence-corrected chi connectivity index (χ0v) is 11.5. The van der Waals surface area contributed by atoms with Crippen molar-refractivity contribution in [1.29, 1.82) is 0 Å². The Hall–Kier alpha value is -2.11. The van der Waals surface area contributed by atoms with Crippen molar-refractivity contribution in [2.45, 2.75) is 19.4 Å². The number of nitrogens with zero attached hydrogens (tertiary/aromatic N) is 1. The van der Waals surface area contributed by atoms with Crippen molar-refractivity contribution in [3.8, 4) is 0 Å². The van der Waals surface area contributed by atoms with Crippen LogP contribution in [0.5, 0.6) is 0 Å². The summed E-state index contributed by atoms with van der Waals surface area (Å²) in [6.45, 7) is 2.57. The molecule has 6 heteroatoms. The maximum absolute atomic E-state index is 14.0. The normalized spacial score (nSPS) is 17.9. The number of hydrogen-bond acceptors (Lipinski definition) is 4. The second kappa shape index (κ2) is 5.90. The van der Waals surface area contributed by atoms with E-state index in [9.17, 15) is 14.0 Å². The number of carbonyl (C=O) groups excluding carboxylic acids is 2. The van der Waals surface area contributed by atoms with Crippen molar-refractivity contribution in [2.75, 3.05) is 25.1 Å². The summed E-state index contributed by atoms with van der Waals surface area (Å²) in [5, 5.41) is 2.70. The van der Waals surface area contributed by atoms with E-state index in [4.69, 9.17) is 0 Å². The molecule has 1 aromatic carbocycles. The van der Waals surface area contributed by atoms with Gasteiger partial charge in [0, 0.05) is 18.7 Å². The summed E-state index contributed by atoms with van der Waals surface area (Å²) in [6.07, 6.45) is 0.243. The standard InChI is InChI=1S/C14H17FN2O3/c1-9(18)10-3-4-13(12(15)7-10)17-6-5-11(8-17)16-14(19)20-2/h3-4,7,11H,5-6,8H2,1-2H3,(H,16,19). The van der Waals surface area contributed by atoms with Crippen LogP contribution in [0.1, 0.15) is 23.7 Å². The molecule has 1 atom stereocenters. The van der Waals surface area contributed by atoms with Crippen LogP contribution in [-0.4, -0.2) is 38.1 Å². The van der Waals surface area contributed by atoms with E-state index in [-0.39, 0.29) is 11.8 Å². The van der Waals surface area contributed by atoms with Crippen molar-refractivity contribution < 1.29 is 18.7 Å². The third kappa shape index (κ3) is 3.07. The van der Waals surface area contributed by atoms with E-state index in [0.717, 1.165) is 6.42 Å². The Bertz CT molecular complexity index is 533. The van der Waals surface area contributed by atoms with Crippen LogP contribution < -0.4 is 10.2 Å². The van der Waals surface area contributed by atoms with Gasteiger partial charge in [0.25, 0.3) is 0 Å². The van der Waals surface area contributed by atoms with Crippen LogP contribution in [0.15, 0.2) is 18.2 Å². The van der Waals surface area contributed by atoms with E-state index in [0.29, 0.717) is 24.3 Å². The predicted molar refractivity (Wildman–Crippen MR) is 72.6 cm³/mol. The third-order valence-electron chi connectivity index (χ3n) is 3.39. The van der Waals surface area contributed by atoms with Crippen LogP contribution in [-0.2, 0) is 4.74 Å². The third-order valence-corrected chi connectivity index (χ3v) is 3.39. The van der Waals surface area contributed by atoms with Gasteiger partial charge >= 0.3 is 6.09 Å². The maximum Gasteiger partial charge on any atom is 0.407 e. The highest BCUT2D eigenvalue weighted by atomic mass is 19.1. The number of Topliss-reactive ketones (excluding diaryl/α,β-unsaturated/α-hetero) is 1. The molecule has 1 unspecified atom stereocenters. The lowest BCUT2D eigenvalue weighted by molar-refractivity contribution is 0.101. The van der Waals surface area contributed by atoms with Crippen LogP contribution >= 0.6 is 0 Å². The molecule has 108 valence electrons. The molecule has 20 heavy (non-hydrogen) atoms. The molecule has 0 saturated carbocycles. The van der Waals surface area contributed by atoms with E-state index in [1.807, 2.05) is 4.90 Å². The molecule has 1 aromatic rings. The molecule has 5 nitrogen and oxygen atoms in total. The second-order valence-corrected chi connectivity index (χ2v) is 4.79. The van der Waals surface area contributed by atoms with Crippen LogP contribution in [0, 0.1) is 5.82 Å². The van der Waals surface area contributed by atoms with Gasteiger partial charge < -0.3 is 15.0 Å². The summed E-state index contributed by atoms with van der Waals surface area (Å²) < 4.78 is 18.6. The highest BCUT2D eigenvalue weighted by Gasteiger charge is 2.26. The van der Waals surface area contributed by atoms with Crippen molar-refractivity contribution >= 4 is 17.6 Å². The van der Waals surface area contributed by atoms with Crippen LogP contribution in [0.2, 0.25) is 0 Å². The van der Waals surface area contributed by atoms with Crippen molar-refractivity contribution in [2.24, 2.45) is 0 Å². The Morgan fingerprint density at radius 1 is 1.45 bits per heavy atom. The van der Waals surface area contributed by atoms with Gasteiger partial charge in [-0.25, -0.2) is 9.18 Å². The molecule has 0 aromatic heterocycles. The molecule has 0 bridgehead atoms. The average Bonchev–Trinajstić information content (AvgIpc) is 2.86. The van der Waals surface area contributed by atoms with Crippen LogP contribution in [0.25, 0.3) is 0 Å². The summed E-state index contributed by atoms with van der Waals surface area (Å²) in [4.78, 5) is 24.2. The number of anilines is 1. The lowest BCUT2D eigenvalue weighted by Gasteiger charge is -2.19. The summed E-state index contributed by atoms with van der Waals surface area (Å²) in [5.74, 6) is -0.585. The number of ether oxygens (including phenoxy) is 1. The fourth-order valence-corrected chi connectivity index (χ4v) is 2.30. The first kappa shape index (κ1) is 14.3. The monoisotopic (exact) mass is 280 g/mol. The SMILES string of the molecule is COC(=O)NC1CCN(c2ccc(C(C)=O)cc2F)C1. The number of ketones is 1. The smallest absolute Gasteiger partial charge is 0.407 e. The van der Waals surface area contributed by atoms with Crippen molar-refractivity contribution in [1.82, 2.24) is 5.32 Å². The molecule has 0 spiro atoms. The van der Waals surface area contributed by atoms with Crippen molar-refractivity contribution in [3.63, 3.8) is 0 Å². The number of nitrogens with one attached hydrogen (secondary N) is 1. The summed E-state index contributed by atoms with van der Waals surface area (Å²) in [5.41, 5.74) is 0.804. The van der Waals surface area contributed by atoms with Gasteiger partial charge in [0.1, 0.15) is 5.82 Å². The number of rotatable bonds is 3. The number of hydrogen-bond donors (Lipinski definition) is 1. The summed E-state index contributed by atoms with van der Waals surface area (Å²) in [7, 11) is 1.31. The summed E-state index contributed by atoms with van der Waals surface area (Å²) >= 11 is 0. The molecule has 1 aliphatic rings. The maximum atomic E-state index is 14.0. The zero-order valence-electron chi connectivity index (χ0n) is 11.5. The van der Waals surface area contributed by atoms with Gasteiger partial charge in [0.2, 0.25) is 0 Å². The first-order valence-electron chi connectivity index (χ1n) is 6.41. The van der Waals surface area contributed by atoms with Gasteiger partial charge in [-0.3, -0.25) is 4.79 Å². The Labute approximate surface area is 116 Å². The zero-order chi connectivity index (χ0) is 14.7. The minimum atomic E-state index is -0.482. The number of halogens is 1. The molecule has 1 aliphatic heterocycles. The first-order valence-corrected chi connectivity index (χ1v) is 6.41. The molecule has 2 rings (SSSR count). The second-order valence-electron chi connectivity index (χ2n) is 4.79. The van der Waals surface area contributed by atoms with Gasteiger partial charge in [0.05, 0.1) is 18.8 Å². The highest BCUT2D eigenvalue weighted by molar-refractivity contribution is 5.94. The Morgan fingerprint density at radius 3 is 2.80 bits per heavy atom. The molecule has 1 amide bonds. The van der Waals surface area contributed by atoms with Crippen LogP contribution in [0.3, 0.4) is 0 Å². The van der Waals surface area contributed by atoms with E-state index in [2.05, 4.69) is 10.1 Å². The largest absolute Gasteiger partial charge is 0.453 e. The number of carbonyl (C=O) groups is 2. The van der Waals surface area contributed by atoms with Gasteiger partial charge in [-0.1, -0.05) is 0 Å². The number of amides is 1.